The van der Waals surface area contributed by atoms with E-state index in [1.807, 2.05) is 56.3 Å². The third-order valence-corrected chi connectivity index (χ3v) is 4.50. The van der Waals surface area contributed by atoms with Crippen LogP contribution in [0.1, 0.15) is 19.4 Å². The molecule has 1 heterocycles. The maximum absolute atomic E-state index is 5.76. The molecule has 0 saturated carbocycles. The Hall–Kier alpha value is -2.45. The van der Waals surface area contributed by atoms with Crippen LogP contribution in [-0.2, 0) is 0 Å². The average molecular weight is 447 g/mol. The van der Waals surface area contributed by atoms with Crippen molar-refractivity contribution in [2.45, 2.75) is 20.0 Å². The number of aromatic amines is 1. The number of ether oxygens (including phenoxy) is 2. The molecular weight excluding hydrogens is 428 g/mol. The highest BCUT2D eigenvalue weighted by atomic mass is 79.9. The van der Waals surface area contributed by atoms with E-state index in [0.717, 1.165) is 27.1 Å². The van der Waals surface area contributed by atoms with Crippen molar-refractivity contribution < 1.29 is 9.47 Å². The van der Waals surface area contributed by atoms with Crippen molar-refractivity contribution in [3.05, 3.63) is 57.3 Å². The Bertz CT molecular complexity index is 1030. The Morgan fingerprint density at radius 3 is 2.78 bits per heavy atom. The first-order chi connectivity index (χ1) is 13.0. The number of hydrogen-bond donors (Lipinski definition) is 1. The van der Waals surface area contributed by atoms with Crippen LogP contribution in [0.5, 0.6) is 11.5 Å². The van der Waals surface area contributed by atoms with Crippen LogP contribution in [0.2, 0.25) is 0 Å². The summed E-state index contributed by atoms with van der Waals surface area (Å²) >= 11 is 8.80. The summed E-state index contributed by atoms with van der Waals surface area (Å²) in [6, 6.07) is 13.4. The number of nitrogens with one attached hydrogen (secondary N) is 1. The van der Waals surface area contributed by atoms with Gasteiger partial charge in [-0.2, -0.15) is 14.9 Å². The van der Waals surface area contributed by atoms with Crippen molar-refractivity contribution in [2.24, 2.45) is 5.10 Å². The fraction of sp³-hybridized carbons (Fsp3) is 0.211. The Morgan fingerprint density at radius 2 is 2.07 bits per heavy atom. The van der Waals surface area contributed by atoms with Gasteiger partial charge in [-0.25, -0.2) is 5.10 Å². The fourth-order valence-corrected chi connectivity index (χ4v) is 3.19. The van der Waals surface area contributed by atoms with Gasteiger partial charge in [-0.15, -0.1) is 0 Å². The van der Waals surface area contributed by atoms with E-state index < -0.39 is 0 Å². The van der Waals surface area contributed by atoms with E-state index in [0.29, 0.717) is 10.6 Å². The molecule has 0 radical (unpaired) electrons. The predicted octanol–water partition coefficient (Wildman–Crippen LogP) is 5.05. The average Bonchev–Trinajstić information content (AvgIpc) is 3.00. The van der Waals surface area contributed by atoms with Gasteiger partial charge in [-0.1, -0.05) is 12.1 Å². The molecule has 0 saturated heterocycles. The third kappa shape index (κ3) is 4.64. The van der Waals surface area contributed by atoms with Crippen molar-refractivity contribution in [3.63, 3.8) is 0 Å². The molecule has 140 valence electrons. The first kappa shape index (κ1) is 19.3. The van der Waals surface area contributed by atoms with E-state index in [-0.39, 0.29) is 6.10 Å². The smallest absolute Gasteiger partial charge is 0.216 e. The number of benzene rings is 2. The maximum atomic E-state index is 5.76. The summed E-state index contributed by atoms with van der Waals surface area (Å²) in [5.74, 6) is 2.14. The standard InChI is InChI=1S/C19H19BrN4O2S/c1-12(2)26-15-6-4-5-14(10-15)18-22-23-19(27)24(18)21-11-13-7-8-17(25-3)16(20)9-13/h4-12H,1-3H3,(H,23,27). The monoisotopic (exact) mass is 446 g/mol. The molecule has 0 bridgehead atoms. The van der Waals surface area contributed by atoms with E-state index >= 15 is 0 Å². The van der Waals surface area contributed by atoms with Gasteiger partial charge in [0, 0.05) is 5.56 Å². The Balaban J connectivity index is 1.93. The summed E-state index contributed by atoms with van der Waals surface area (Å²) in [5, 5.41) is 11.6. The number of rotatable bonds is 6. The molecule has 0 unspecified atom stereocenters. The quantitative estimate of drug-likeness (QED) is 0.425. The molecule has 27 heavy (non-hydrogen) atoms. The van der Waals surface area contributed by atoms with Crippen LogP contribution >= 0.6 is 28.1 Å². The molecule has 0 amide bonds. The van der Waals surface area contributed by atoms with Crippen molar-refractivity contribution in [2.75, 3.05) is 7.11 Å². The van der Waals surface area contributed by atoms with Gasteiger partial charge in [0.25, 0.3) is 0 Å². The summed E-state index contributed by atoms with van der Waals surface area (Å²) in [6.07, 6.45) is 1.81. The predicted molar refractivity (Wildman–Crippen MR) is 112 cm³/mol. The number of halogens is 1. The number of aromatic nitrogens is 3. The zero-order valence-electron chi connectivity index (χ0n) is 15.1. The van der Waals surface area contributed by atoms with Gasteiger partial charge in [0.15, 0.2) is 5.82 Å². The lowest BCUT2D eigenvalue weighted by Gasteiger charge is -2.10. The van der Waals surface area contributed by atoms with Crippen molar-refractivity contribution >= 4 is 34.4 Å². The second kappa shape index (κ2) is 8.49. The number of hydrogen-bond acceptors (Lipinski definition) is 5. The lowest BCUT2D eigenvalue weighted by Crippen LogP contribution is -2.05. The minimum Gasteiger partial charge on any atom is -0.496 e. The van der Waals surface area contributed by atoms with Crippen LogP contribution < -0.4 is 9.47 Å². The molecular formula is C19H19BrN4O2S. The van der Waals surface area contributed by atoms with Gasteiger partial charge in [-0.05, 0) is 77.9 Å². The van der Waals surface area contributed by atoms with Crippen LogP contribution in [0, 0.1) is 4.77 Å². The highest BCUT2D eigenvalue weighted by Crippen LogP contribution is 2.25. The van der Waals surface area contributed by atoms with Gasteiger partial charge < -0.3 is 9.47 Å². The first-order valence-corrected chi connectivity index (χ1v) is 9.50. The van der Waals surface area contributed by atoms with Gasteiger partial charge in [-0.3, -0.25) is 0 Å². The van der Waals surface area contributed by atoms with E-state index in [2.05, 4.69) is 31.2 Å². The largest absolute Gasteiger partial charge is 0.496 e. The van der Waals surface area contributed by atoms with Crippen molar-refractivity contribution in [1.82, 2.24) is 14.9 Å². The summed E-state index contributed by atoms with van der Waals surface area (Å²) < 4.78 is 13.8. The van der Waals surface area contributed by atoms with E-state index in [1.54, 1.807) is 18.0 Å². The molecule has 2 aromatic carbocycles. The molecule has 0 aliphatic rings. The molecule has 1 N–H and O–H groups in total. The Morgan fingerprint density at radius 1 is 1.26 bits per heavy atom. The molecule has 8 heteroatoms. The second-order valence-corrected chi connectivity index (χ2v) is 7.24. The molecule has 1 aromatic heterocycles. The molecule has 3 aromatic rings. The van der Waals surface area contributed by atoms with Gasteiger partial charge in [0.05, 0.1) is 23.9 Å². The molecule has 0 atom stereocenters. The zero-order valence-corrected chi connectivity index (χ0v) is 17.5. The molecule has 6 nitrogen and oxygen atoms in total. The van der Waals surface area contributed by atoms with Gasteiger partial charge in [0.1, 0.15) is 11.5 Å². The molecule has 0 spiro atoms. The van der Waals surface area contributed by atoms with Gasteiger partial charge in [0.2, 0.25) is 4.77 Å². The van der Waals surface area contributed by atoms with Gasteiger partial charge >= 0.3 is 0 Å². The lowest BCUT2D eigenvalue weighted by molar-refractivity contribution is 0.242. The normalized spacial score (nSPS) is 11.3. The van der Waals surface area contributed by atoms with Crippen LogP contribution in [0.4, 0.5) is 0 Å². The molecule has 0 aliphatic carbocycles. The SMILES string of the molecule is COc1ccc(C=Nn2c(-c3cccc(OC(C)C)c3)n[nH]c2=S)cc1Br. The zero-order chi connectivity index (χ0) is 19.4. The Labute approximate surface area is 171 Å². The Kier molecular flexibility index (Phi) is 6.08. The van der Waals surface area contributed by atoms with Crippen LogP contribution in [-0.4, -0.2) is 34.3 Å². The van der Waals surface area contributed by atoms with Crippen LogP contribution in [0.25, 0.3) is 11.4 Å². The molecule has 0 fully saturated rings. The second-order valence-electron chi connectivity index (χ2n) is 6.00. The molecule has 3 rings (SSSR count). The highest BCUT2D eigenvalue weighted by Gasteiger charge is 2.10. The molecule has 0 aliphatic heterocycles. The number of methoxy groups -OCH3 is 1. The topological polar surface area (TPSA) is 64.4 Å². The first-order valence-electron chi connectivity index (χ1n) is 8.30. The summed E-state index contributed by atoms with van der Waals surface area (Å²) in [4.78, 5) is 0. The minimum atomic E-state index is 0.0904. The van der Waals surface area contributed by atoms with Crippen LogP contribution in [0.3, 0.4) is 0 Å². The fourth-order valence-electron chi connectivity index (χ4n) is 2.45. The van der Waals surface area contributed by atoms with E-state index in [9.17, 15) is 0 Å². The summed E-state index contributed by atoms with van der Waals surface area (Å²) in [5.41, 5.74) is 1.75. The minimum absolute atomic E-state index is 0.0904. The van der Waals surface area contributed by atoms with Crippen LogP contribution in [0.15, 0.2) is 52.0 Å². The number of H-pyrrole nitrogens is 1. The summed E-state index contributed by atoms with van der Waals surface area (Å²) in [6.45, 7) is 3.97. The number of nitrogens with zero attached hydrogens (tertiary/aromatic N) is 3. The maximum Gasteiger partial charge on any atom is 0.216 e. The third-order valence-electron chi connectivity index (χ3n) is 3.61. The summed E-state index contributed by atoms with van der Waals surface area (Å²) in [7, 11) is 1.63. The van der Waals surface area contributed by atoms with E-state index in [1.165, 1.54) is 0 Å². The van der Waals surface area contributed by atoms with E-state index in [4.69, 9.17) is 21.7 Å². The highest BCUT2D eigenvalue weighted by molar-refractivity contribution is 9.10. The lowest BCUT2D eigenvalue weighted by atomic mass is 10.2. The van der Waals surface area contributed by atoms with Crippen molar-refractivity contribution in [1.29, 1.82) is 0 Å². The van der Waals surface area contributed by atoms with Crippen molar-refractivity contribution in [3.8, 4) is 22.9 Å².